The summed E-state index contributed by atoms with van der Waals surface area (Å²) in [5.74, 6) is 0.618. The van der Waals surface area contributed by atoms with Crippen LogP contribution in [0.15, 0.2) is 12.1 Å². The number of halogens is 2. The molecule has 1 aromatic rings. The van der Waals surface area contributed by atoms with Crippen molar-refractivity contribution in [2.75, 3.05) is 17.2 Å². The fourth-order valence-electron chi connectivity index (χ4n) is 3.32. The maximum absolute atomic E-state index is 13.7. The average Bonchev–Trinajstić information content (AvgIpc) is 2.31. The van der Waals surface area contributed by atoms with Crippen LogP contribution in [0.25, 0.3) is 0 Å². The van der Waals surface area contributed by atoms with Gasteiger partial charge in [-0.3, -0.25) is 0 Å². The first-order chi connectivity index (χ1) is 8.58. The lowest BCUT2D eigenvalue weighted by Gasteiger charge is -2.45. The van der Waals surface area contributed by atoms with Crippen molar-refractivity contribution in [3.05, 3.63) is 21.5 Å². The van der Waals surface area contributed by atoms with Crippen molar-refractivity contribution in [2.45, 2.75) is 38.1 Å². The van der Waals surface area contributed by atoms with Crippen molar-refractivity contribution in [2.24, 2.45) is 5.92 Å². The van der Waals surface area contributed by atoms with Gasteiger partial charge in [0.15, 0.2) is 0 Å². The van der Waals surface area contributed by atoms with Crippen LogP contribution in [0.3, 0.4) is 0 Å². The second kappa shape index (κ2) is 4.54. The van der Waals surface area contributed by atoms with E-state index in [0.29, 0.717) is 3.57 Å². The Hall–Kier alpha value is -0.520. The Morgan fingerprint density at radius 2 is 2.22 bits per heavy atom. The van der Waals surface area contributed by atoms with E-state index in [1.54, 1.807) is 6.07 Å². The van der Waals surface area contributed by atoms with Gasteiger partial charge in [0.1, 0.15) is 5.82 Å². The summed E-state index contributed by atoms with van der Waals surface area (Å²) in [6.45, 7) is 3.26. The first kappa shape index (κ1) is 12.5. The summed E-state index contributed by atoms with van der Waals surface area (Å²) in [6.07, 6.45) is 4.93. The van der Waals surface area contributed by atoms with Gasteiger partial charge in [-0.15, -0.1) is 0 Å². The average molecular weight is 360 g/mol. The molecule has 4 heteroatoms. The van der Waals surface area contributed by atoms with E-state index in [1.807, 2.05) is 28.7 Å². The van der Waals surface area contributed by atoms with Crippen LogP contribution in [0.4, 0.5) is 15.8 Å². The van der Waals surface area contributed by atoms with Gasteiger partial charge in [0, 0.05) is 12.6 Å². The monoisotopic (exact) mass is 360 g/mol. The Labute approximate surface area is 121 Å². The van der Waals surface area contributed by atoms with Gasteiger partial charge >= 0.3 is 0 Å². The molecule has 1 aliphatic heterocycles. The highest BCUT2D eigenvalue weighted by atomic mass is 127. The molecule has 0 amide bonds. The fourth-order valence-corrected chi connectivity index (χ4v) is 3.79. The number of benzene rings is 1. The van der Waals surface area contributed by atoms with Gasteiger partial charge in [-0.25, -0.2) is 4.39 Å². The van der Waals surface area contributed by atoms with E-state index in [4.69, 9.17) is 0 Å². The molecule has 1 aliphatic carbocycles. The number of rotatable bonds is 0. The Kier molecular flexibility index (Phi) is 3.16. The topological polar surface area (TPSA) is 24.1 Å². The molecule has 98 valence electrons. The smallest absolute Gasteiger partial charge is 0.138 e. The molecule has 1 heterocycles. The summed E-state index contributed by atoms with van der Waals surface area (Å²) in [5.41, 5.74) is 2.09. The fraction of sp³-hybridized carbons (Fsp3) is 0.571. The molecule has 0 radical (unpaired) electrons. The van der Waals surface area contributed by atoms with E-state index < -0.39 is 0 Å². The van der Waals surface area contributed by atoms with Crippen LogP contribution in [-0.2, 0) is 0 Å². The summed E-state index contributed by atoms with van der Waals surface area (Å²) in [6, 6.07) is 3.52. The van der Waals surface area contributed by atoms with Crippen molar-refractivity contribution < 1.29 is 4.39 Å². The van der Waals surface area contributed by atoms with E-state index in [-0.39, 0.29) is 11.4 Å². The Balaban J connectivity index is 1.90. The van der Waals surface area contributed by atoms with Crippen molar-refractivity contribution in [3.63, 3.8) is 0 Å². The molecule has 2 atom stereocenters. The highest BCUT2D eigenvalue weighted by Crippen LogP contribution is 2.40. The van der Waals surface area contributed by atoms with Crippen molar-refractivity contribution in [1.82, 2.24) is 0 Å². The summed E-state index contributed by atoms with van der Waals surface area (Å²) < 4.78 is 14.3. The largest absolute Gasteiger partial charge is 0.381 e. The molecule has 1 saturated carbocycles. The van der Waals surface area contributed by atoms with Gasteiger partial charge in [0.25, 0.3) is 0 Å². The second-order valence-electron chi connectivity index (χ2n) is 5.77. The first-order valence-corrected chi connectivity index (χ1v) is 7.67. The van der Waals surface area contributed by atoms with Gasteiger partial charge in [0.05, 0.1) is 20.5 Å². The molecule has 2 unspecified atom stereocenters. The van der Waals surface area contributed by atoms with Crippen molar-refractivity contribution in [3.8, 4) is 0 Å². The third-order valence-corrected chi connectivity index (χ3v) is 5.00. The molecule has 2 nitrogen and oxygen atoms in total. The van der Waals surface area contributed by atoms with E-state index in [9.17, 15) is 4.39 Å². The molecular weight excluding hydrogens is 342 g/mol. The summed E-state index contributed by atoms with van der Waals surface area (Å²) in [4.78, 5) is 0. The maximum Gasteiger partial charge on any atom is 0.138 e. The molecular formula is C14H18FIN2. The van der Waals surface area contributed by atoms with Crippen LogP contribution in [0, 0.1) is 15.3 Å². The van der Waals surface area contributed by atoms with Gasteiger partial charge in [0.2, 0.25) is 0 Å². The number of anilines is 2. The predicted molar refractivity (Wildman–Crippen MR) is 81.6 cm³/mol. The Bertz CT molecular complexity index is 477. The molecule has 0 saturated heterocycles. The lowest BCUT2D eigenvalue weighted by molar-refractivity contribution is 0.266. The summed E-state index contributed by atoms with van der Waals surface area (Å²) in [5, 5.41) is 7.08. The molecule has 0 bridgehead atoms. The number of hydrogen-bond donors (Lipinski definition) is 2. The van der Waals surface area contributed by atoms with Gasteiger partial charge in [-0.05, 0) is 47.4 Å². The van der Waals surface area contributed by atoms with Crippen molar-refractivity contribution in [1.29, 1.82) is 0 Å². The lowest BCUT2D eigenvalue weighted by Crippen LogP contribution is -2.50. The van der Waals surface area contributed by atoms with Gasteiger partial charge in [-0.1, -0.05) is 19.8 Å². The van der Waals surface area contributed by atoms with Crippen LogP contribution < -0.4 is 10.6 Å². The zero-order valence-corrected chi connectivity index (χ0v) is 12.7. The van der Waals surface area contributed by atoms with Crippen molar-refractivity contribution >= 4 is 34.0 Å². The molecule has 3 rings (SSSR count). The lowest BCUT2D eigenvalue weighted by atomic mass is 9.75. The molecule has 18 heavy (non-hydrogen) atoms. The van der Waals surface area contributed by atoms with Crippen LogP contribution in [0.5, 0.6) is 0 Å². The normalized spacial score (nSPS) is 30.5. The molecule has 0 aromatic heterocycles. The zero-order chi connectivity index (χ0) is 12.8. The minimum Gasteiger partial charge on any atom is -0.381 e. The number of nitrogens with one attached hydrogen (secondary N) is 2. The van der Waals surface area contributed by atoms with Crippen LogP contribution in [0.1, 0.15) is 32.6 Å². The first-order valence-electron chi connectivity index (χ1n) is 6.59. The van der Waals surface area contributed by atoms with Crippen LogP contribution >= 0.6 is 22.6 Å². The summed E-state index contributed by atoms with van der Waals surface area (Å²) >= 11 is 2.04. The third kappa shape index (κ3) is 2.19. The SMILES string of the molecule is CC1CCCC2(CNc3cc(I)c(F)cc3N2)C1. The number of hydrogen-bond acceptors (Lipinski definition) is 2. The predicted octanol–water partition coefficient (Wildman–Crippen LogP) is 4.22. The minimum atomic E-state index is -0.135. The van der Waals surface area contributed by atoms with E-state index in [1.165, 1.54) is 25.7 Å². The van der Waals surface area contributed by atoms with E-state index in [2.05, 4.69) is 17.6 Å². The van der Waals surface area contributed by atoms with Gasteiger partial charge in [-0.2, -0.15) is 0 Å². The minimum absolute atomic E-state index is 0.129. The highest BCUT2D eigenvalue weighted by Gasteiger charge is 2.37. The third-order valence-electron chi connectivity index (χ3n) is 4.17. The standard InChI is InChI=1S/C14H18FIN2/c1-9-3-2-4-14(7-9)8-17-12-6-11(16)10(15)5-13(12)18-14/h5-6,9,17-18H,2-4,7-8H2,1H3. The van der Waals surface area contributed by atoms with E-state index in [0.717, 1.165) is 23.8 Å². The molecule has 2 aliphatic rings. The molecule has 1 aromatic carbocycles. The van der Waals surface area contributed by atoms with E-state index >= 15 is 0 Å². The summed E-state index contributed by atoms with van der Waals surface area (Å²) in [7, 11) is 0. The molecule has 2 N–H and O–H groups in total. The van der Waals surface area contributed by atoms with Gasteiger partial charge < -0.3 is 10.6 Å². The second-order valence-corrected chi connectivity index (χ2v) is 6.93. The number of fused-ring (bicyclic) bond motifs is 1. The zero-order valence-electron chi connectivity index (χ0n) is 10.5. The molecule has 1 spiro atoms. The quantitative estimate of drug-likeness (QED) is 0.677. The van der Waals surface area contributed by atoms with Crippen LogP contribution in [0.2, 0.25) is 0 Å². The van der Waals surface area contributed by atoms with Crippen LogP contribution in [-0.4, -0.2) is 12.1 Å². The Morgan fingerprint density at radius 1 is 1.39 bits per heavy atom. The molecule has 1 fully saturated rings. The Morgan fingerprint density at radius 3 is 3.00 bits per heavy atom. The highest BCUT2D eigenvalue weighted by molar-refractivity contribution is 14.1. The maximum atomic E-state index is 13.7.